The Labute approximate surface area is 190 Å². The normalized spacial score (nSPS) is 15.6. The maximum atomic E-state index is 13.0. The molecule has 2 amide bonds. The molecule has 0 saturated carbocycles. The highest BCUT2D eigenvalue weighted by molar-refractivity contribution is 7.89. The molecule has 172 valence electrons. The number of benzene rings is 2. The van der Waals surface area contributed by atoms with Crippen molar-refractivity contribution >= 4 is 33.4 Å². The predicted molar refractivity (Wildman–Crippen MR) is 116 cm³/mol. The van der Waals surface area contributed by atoms with Crippen molar-refractivity contribution in [3.05, 3.63) is 58.9 Å². The Bertz CT molecular complexity index is 1090. The van der Waals surface area contributed by atoms with E-state index >= 15 is 0 Å². The Kier molecular flexibility index (Phi) is 7.70. The third-order valence-electron chi connectivity index (χ3n) is 4.92. The summed E-state index contributed by atoms with van der Waals surface area (Å²) in [4.78, 5) is 24.5. The highest BCUT2D eigenvalue weighted by Crippen LogP contribution is 2.27. The fourth-order valence-corrected chi connectivity index (χ4v) is 5.17. The first-order valence-corrected chi connectivity index (χ1v) is 11.8. The zero-order valence-corrected chi connectivity index (χ0v) is 18.9. The number of carbonyl (C=O) groups is 2. The van der Waals surface area contributed by atoms with Crippen molar-refractivity contribution in [2.24, 2.45) is 0 Å². The van der Waals surface area contributed by atoms with Gasteiger partial charge < -0.3 is 4.74 Å². The average Bonchev–Trinajstić information content (AvgIpc) is 2.79. The van der Waals surface area contributed by atoms with Crippen LogP contribution in [0.5, 0.6) is 5.75 Å². The topological polar surface area (TPSA) is 105 Å². The van der Waals surface area contributed by atoms with Crippen LogP contribution in [-0.2, 0) is 14.8 Å². The van der Waals surface area contributed by atoms with Crippen molar-refractivity contribution in [3.63, 3.8) is 0 Å². The molecule has 1 fully saturated rings. The zero-order chi connectivity index (χ0) is 23.3. The second-order valence-electron chi connectivity index (χ2n) is 7.27. The van der Waals surface area contributed by atoms with E-state index in [2.05, 4.69) is 10.9 Å². The SMILES string of the molecule is CC(Oc1ccc(F)cc1)C(=O)NNC(=O)c1ccc(Cl)c(S(=O)(=O)N2CCCCC2)c1. The van der Waals surface area contributed by atoms with E-state index in [1.165, 1.54) is 53.7 Å². The molecule has 1 heterocycles. The van der Waals surface area contributed by atoms with E-state index in [1.54, 1.807) is 0 Å². The summed E-state index contributed by atoms with van der Waals surface area (Å²) < 4.78 is 45.6. The van der Waals surface area contributed by atoms with Gasteiger partial charge in [0.25, 0.3) is 11.8 Å². The fourth-order valence-electron chi connectivity index (χ4n) is 3.15. The predicted octanol–water partition coefficient (Wildman–Crippen LogP) is 2.88. The number of ether oxygens (including phenoxy) is 1. The molecule has 3 rings (SSSR count). The van der Waals surface area contributed by atoms with Crippen LogP contribution in [0.15, 0.2) is 47.4 Å². The van der Waals surface area contributed by atoms with Gasteiger partial charge in [-0.25, -0.2) is 12.8 Å². The molecule has 2 aromatic rings. The van der Waals surface area contributed by atoms with Crippen molar-refractivity contribution < 1.29 is 27.1 Å². The Morgan fingerprint density at radius 2 is 1.72 bits per heavy atom. The van der Waals surface area contributed by atoms with Crippen LogP contribution in [-0.4, -0.2) is 43.7 Å². The third-order valence-corrected chi connectivity index (χ3v) is 7.30. The van der Waals surface area contributed by atoms with Crippen LogP contribution in [0.1, 0.15) is 36.5 Å². The van der Waals surface area contributed by atoms with Gasteiger partial charge in [-0.15, -0.1) is 0 Å². The lowest BCUT2D eigenvalue weighted by Gasteiger charge is -2.26. The van der Waals surface area contributed by atoms with E-state index in [0.29, 0.717) is 13.1 Å². The highest BCUT2D eigenvalue weighted by atomic mass is 35.5. The smallest absolute Gasteiger partial charge is 0.279 e. The lowest BCUT2D eigenvalue weighted by atomic mass is 10.2. The van der Waals surface area contributed by atoms with Crippen LogP contribution in [0, 0.1) is 5.82 Å². The summed E-state index contributed by atoms with van der Waals surface area (Å²) in [6.45, 7) is 2.25. The summed E-state index contributed by atoms with van der Waals surface area (Å²) in [5.41, 5.74) is 4.45. The monoisotopic (exact) mass is 483 g/mol. The third kappa shape index (κ3) is 5.76. The van der Waals surface area contributed by atoms with Gasteiger partial charge in [-0.05, 0) is 62.2 Å². The standard InChI is InChI=1S/C21H23ClFN3O5S/c1-14(31-17-8-6-16(23)7-9-17)20(27)24-25-21(28)15-5-10-18(22)19(13-15)32(29,30)26-11-3-2-4-12-26/h5-10,13-14H,2-4,11-12H2,1H3,(H,24,27)(H,25,28). The quantitative estimate of drug-likeness (QED) is 0.615. The van der Waals surface area contributed by atoms with Crippen LogP contribution >= 0.6 is 11.6 Å². The number of halogens is 2. The van der Waals surface area contributed by atoms with Crippen molar-refractivity contribution in [1.29, 1.82) is 0 Å². The van der Waals surface area contributed by atoms with Crippen LogP contribution < -0.4 is 15.6 Å². The van der Waals surface area contributed by atoms with Crippen LogP contribution in [0.25, 0.3) is 0 Å². The molecule has 32 heavy (non-hydrogen) atoms. The molecule has 0 radical (unpaired) electrons. The van der Waals surface area contributed by atoms with E-state index in [1.807, 2.05) is 0 Å². The van der Waals surface area contributed by atoms with E-state index in [-0.39, 0.29) is 21.2 Å². The summed E-state index contributed by atoms with van der Waals surface area (Å²) >= 11 is 6.11. The number of rotatable bonds is 6. The number of piperidine rings is 1. The van der Waals surface area contributed by atoms with Crippen molar-refractivity contribution in [2.45, 2.75) is 37.2 Å². The number of hydrazine groups is 1. The Hall–Kier alpha value is -2.69. The van der Waals surface area contributed by atoms with E-state index in [9.17, 15) is 22.4 Å². The molecule has 1 saturated heterocycles. The number of nitrogens with zero attached hydrogens (tertiary/aromatic N) is 1. The Morgan fingerprint density at radius 3 is 2.38 bits per heavy atom. The highest BCUT2D eigenvalue weighted by Gasteiger charge is 2.29. The first kappa shape index (κ1) is 24.0. The van der Waals surface area contributed by atoms with Gasteiger partial charge in [0, 0.05) is 18.7 Å². The van der Waals surface area contributed by atoms with Gasteiger partial charge in [0.1, 0.15) is 16.5 Å². The zero-order valence-electron chi connectivity index (χ0n) is 17.3. The largest absolute Gasteiger partial charge is 0.481 e. The minimum absolute atomic E-state index is 0.0115. The Morgan fingerprint density at radius 1 is 1.06 bits per heavy atom. The molecule has 0 aromatic heterocycles. The van der Waals surface area contributed by atoms with Gasteiger partial charge in [0.2, 0.25) is 10.0 Å². The molecule has 1 aliphatic rings. The second kappa shape index (κ2) is 10.3. The first-order valence-electron chi connectivity index (χ1n) is 10.0. The fraction of sp³-hybridized carbons (Fsp3) is 0.333. The minimum Gasteiger partial charge on any atom is -0.481 e. The molecule has 0 bridgehead atoms. The molecule has 8 nitrogen and oxygen atoms in total. The van der Waals surface area contributed by atoms with Gasteiger partial charge in [-0.2, -0.15) is 4.31 Å². The lowest BCUT2D eigenvalue weighted by molar-refractivity contribution is -0.128. The summed E-state index contributed by atoms with van der Waals surface area (Å²) in [7, 11) is -3.84. The molecular weight excluding hydrogens is 461 g/mol. The molecule has 1 unspecified atom stereocenters. The summed E-state index contributed by atoms with van der Waals surface area (Å²) in [6.07, 6.45) is 1.51. The van der Waals surface area contributed by atoms with Gasteiger partial charge in [-0.1, -0.05) is 18.0 Å². The number of nitrogens with one attached hydrogen (secondary N) is 2. The maximum Gasteiger partial charge on any atom is 0.279 e. The van der Waals surface area contributed by atoms with E-state index < -0.39 is 33.8 Å². The second-order valence-corrected chi connectivity index (χ2v) is 9.58. The maximum absolute atomic E-state index is 13.0. The Balaban J connectivity index is 1.64. The lowest BCUT2D eigenvalue weighted by Crippen LogP contribution is -2.47. The summed E-state index contributed by atoms with van der Waals surface area (Å²) in [5.74, 6) is -1.53. The number of carbonyl (C=O) groups excluding carboxylic acids is 2. The number of hydrogen-bond donors (Lipinski definition) is 2. The molecular formula is C21H23ClFN3O5S. The van der Waals surface area contributed by atoms with Crippen LogP contribution in [0.4, 0.5) is 4.39 Å². The van der Waals surface area contributed by atoms with E-state index in [4.69, 9.17) is 16.3 Å². The molecule has 1 aliphatic heterocycles. The molecule has 2 aromatic carbocycles. The number of amides is 2. The summed E-state index contributed by atoms with van der Waals surface area (Å²) in [6, 6.07) is 9.00. The molecule has 1 atom stereocenters. The van der Waals surface area contributed by atoms with Gasteiger partial charge in [-0.3, -0.25) is 20.4 Å². The van der Waals surface area contributed by atoms with E-state index in [0.717, 1.165) is 19.3 Å². The number of hydrogen-bond acceptors (Lipinski definition) is 5. The molecule has 11 heteroatoms. The van der Waals surface area contributed by atoms with Gasteiger partial charge in [0.05, 0.1) is 5.02 Å². The molecule has 0 spiro atoms. The first-order chi connectivity index (χ1) is 15.2. The average molecular weight is 484 g/mol. The number of sulfonamides is 1. The van der Waals surface area contributed by atoms with Crippen LogP contribution in [0.3, 0.4) is 0 Å². The molecule has 0 aliphatic carbocycles. The van der Waals surface area contributed by atoms with Crippen molar-refractivity contribution in [3.8, 4) is 5.75 Å². The van der Waals surface area contributed by atoms with Gasteiger partial charge in [0.15, 0.2) is 6.10 Å². The molecule has 2 N–H and O–H groups in total. The van der Waals surface area contributed by atoms with Crippen molar-refractivity contribution in [2.75, 3.05) is 13.1 Å². The van der Waals surface area contributed by atoms with Crippen LogP contribution in [0.2, 0.25) is 5.02 Å². The van der Waals surface area contributed by atoms with Crippen molar-refractivity contribution in [1.82, 2.24) is 15.2 Å². The summed E-state index contributed by atoms with van der Waals surface area (Å²) in [5, 5.41) is 0.0116. The van der Waals surface area contributed by atoms with Gasteiger partial charge >= 0.3 is 0 Å². The minimum atomic E-state index is -3.84.